The summed E-state index contributed by atoms with van der Waals surface area (Å²) in [7, 11) is 4.28. The highest BCUT2D eigenvalue weighted by atomic mass is 35.5. The van der Waals surface area contributed by atoms with Gasteiger partial charge in [0.15, 0.2) is 0 Å². The normalized spacial score (nSPS) is 21.4. The second-order valence-corrected chi connectivity index (χ2v) is 5.68. The molecule has 1 fully saturated rings. The molecular formula is C14H21ClN2O. The largest absolute Gasteiger partial charge is 0.508 e. The first-order chi connectivity index (χ1) is 8.56. The quantitative estimate of drug-likeness (QED) is 0.913. The van der Waals surface area contributed by atoms with E-state index in [0.717, 1.165) is 18.7 Å². The summed E-state index contributed by atoms with van der Waals surface area (Å²) in [5.74, 6) is 0.329. The molecule has 100 valence electrons. The molecule has 1 saturated heterocycles. The Hall–Kier alpha value is -0.770. The van der Waals surface area contributed by atoms with Gasteiger partial charge in [-0.05, 0) is 51.7 Å². The van der Waals surface area contributed by atoms with Crippen LogP contribution in [0.2, 0.25) is 5.02 Å². The van der Waals surface area contributed by atoms with Gasteiger partial charge in [-0.2, -0.15) is 0 Å². The Kier molecular flexibility index (Phi) is 4.49. The van der Waals surface area contributed by atoms with Crippen molar-refractivity contribution in [1.29, 1.82) is 0 Å². The number of hydrogen-bond acceptors (Lipinski definition) is 3. The topological polar surface area (TPSA) is 26.7 Å². The lowest BCUT2D eigenvalue weighted by atomic mass is 10.0. The van der Waals surface area contributed by atoms with Gasteiger partial charge in [-0.1, -0.05) is 11.6 Å². The molecule has 1 aromatic rings. The minimum Gasteiger partial charge on any atom is -0.508 e. The number of rotatable bonds is 3. The molecule has 1 atom stereocenters. The van der Waals surface area contributed by atoms with Gasteiger partial charge in [-0.25, -0.2) is 0 Å². The summed E-state index contributed by atoms with van der Waals surface area (Å²) in [6.45, 7) is 3.02. The Morgan fingerprint density at radius 1 is 1.50 bits per heavy atom. The minimum atomic E-state index is 0.329. The summed E-state index contributed by atoms with van der Waals surface area (Å²) in [5.41, 5.74) is 0.901. The van der Waals surface area contributed by atoms with Gasteiger partial charge >= 0.3 is 0 Å². The van der Waals surface area contributed by atoms with E-state index in [2.05, 4.69) is 23.9 Å². The predicted octanol–water partition coefficient (Wildman–Crippen LogP) is 2.57. The van der Waals surface area contributed by atoms with Crippen LogP contribution in [0.1, 0.15) is 18.4 Å². The molecule has 1 heterocycles. The standard InChI is InChI=1S/C14H21ClN2O/c1-16-7-3-4-13(10-16)17(2)9-11-8-12(15)5-6-14(11)18/h5-6,8,13,18H,3-4,7,9-10H2,1-2H3. The molecule has 1 aliphatic rings. The van der Waals surface area contributed by atoms with Gasteiger partial charge in [0.05, 0.1) is 0 Å². The number of hydrogen-bond donors (Lipinski definition) is 1. The molecule has 0 aliphatic carbocycles. The Balaban J connectivity index is 2.01. The van der Waals surface area contributed by atoms with Gasteiger partial charge in [0.1, 0.15) is 5.75 Å². The first kappa shape index (κ1) is 13.7. The fourth-order valence-electron chi connectivity index (χ4n) is 2.58. The Morgan fingerprint density at radius 2 is 2.28 bits per heavy atom. The number of halogens is 1. The number of phenols is 1. The smallest absolute Gasteiger partial charge is 0.120 e. The average Bonchev–Trinajstić information content (AvgIpc) is 2.34. The number of likely N-dealkylation sites (N-methyl/N-ethyl adjacent to an activating group) is 2. The van der Waals surface area contributed by atoms with E-state index in [-0.39, 0.29) is 0 Å². The SMILES string of the molecule is CN1CCCC(N(C)Cc2cc(Cl)ccc2O)C1. The molecule has 1 aromatic carbocycles. The van der Waals surface area contributed by atoms with Crippen molar-refractivity contribution >= 4 is 11.6 Å². The van der Waals surface area contributed by atoms with Crippen LogP contribution in [0.15, 0.2) is 18.2 Å². The molecule has 1 N–H and O–H groups in total. The van der Waals surface area contributed by atoms with E-state index in [1.807, 2.05) is 6.07 Å². The van der Waals surface area contributed by atoms with Crippen molar-refractivity contribution in [1.82, 2.24) is 9.80 Å². The maximum Gasteiger partial charge on any atom is 0.120 e. The summed E-state index contributed by atoms with van der Waals surface area (Å²) in [4.78, 5) is 4.67. The van der Waals surface area contributed by atoms with Gasteiger partial charge in [-0.15, -0.1) is 0 Å². The van der Waals surface area contributed by atoms with E-state index >= 15 is 0 Å². The summed E-state index contributed by atoms with van der Waals surface area (Å²) in [6, 6.07) is 5.79. The van der Waals surface area contributed by atoms with E-state index < -0.39 is 0 Å². The van der Waals surface area contributed by atoms with Crippen LogP contribution in [0.25, 0.3) is 0 Å². The fourth-order valence-corrected chi connectivity index (χ4v) is 2.77. The summed E-state index contributed by atoms with van der Waals surface area (Å²) < 4.78 is 0. The van der Waals surface area contributed by atoms with Crippen molar-refractivity contribution in [2.24, 2.45) is 0 Å². The Morgan fingerprint density at radius 3 is 3.00 bits per heavy atom. The lowest BCUT2D eigenvalue weighted by molar-refractivity contribution is 0.129. The maximum atomic E-state index is 9.84. The van der Waals surface area contributed by atoms with E-state index in [4.69, 9.17) is 11.6 Å². The van der Waals surface area contributed by atoms with Crippen LogP contribution < -0.4 is 0 Å². The van der Waals surface area contributed by atoms with Crippen LogP contribution in [0.4, 0.5) is 0 Å². The molecule has 0 aromatic heterocycles. The number of aromatic hydroxyl groups is 1. The zero-order valence-corrected chi connectivity index (χ0v) is 11.8. The lowest BCUT2D eigenvalue weighted by Crippen LogP contribution is -2.44. The van der Waals surface area contributed by atoms with Gasteiger partial charge in [0.25, 0.3) is 0 Å². The molecule has 0 radical (unpaired) electrons. The van der Waals surface area contributed by atoms with Gasteiger partial charge in [0.2, 0.25) is 0 Å². The molecule has 0 spiro atoms. The van der Waals surface area contributed by atoms with Gasteiger partial charge < -0.3 is 10.0 Å². The second kappa shape index (κ2) is 5.91. The molecule has 1 unspecified atom stereocenters. The van der Waals surface area contributed by atoms with Crippen molar-refractivity contribution in [2.75, 3.05) is 27.2 Å². The average molecular weight is 269 g/mol. The maximum absolute atomic E-state index is 9.84. The summed E-state index contributed by atoms with van der Waals surface area (Å²) in [6.07, 6.45) is 2.47. The van der Waals surface area contributed by atoms with Crippen molar-refractivity contribution in [3.8, 4) is 5.75 Å². The van der Waals surface area contributed by atoms with Crippen molar-refractivity contribution < 1.29 is 5.11 Å². The highest BCUT2D eigenvalue weighted by Gasteiger charge is 2.21. The molecule has 0 amide bonds. The first-order valence-electron chi connectivity index (χ1n) is 6.42. The van der Waals surface area contributed by atoms with Crippen LogP contribution in [0, 0.1) is 0 Å². The molecule has 4 heteroatoms. The van der Waals surface area contributed by atoms with Crippen LogP contribution in [-0.4, -0.2) is 48.1 Å². The molecule has 3 nitrogen and oxygen atoms in total. The van der Waals surface area contributed by atoms with Gasteiger partial charge in [0, 0.05) is 29.7 Å². The van der Waals surface area contributed by atoms with Crippen LogP contribution in [-0.2, 0) is 6.54 Å². The van der Waals surface area contributed by atoms with E-state index in [1.165, 1.54) is 19.4 Å². The molecule has 1 aliphatic heterocycles. The van der Waals surface area contributed by atoms with Crippen LogP contribution in [0.5, 0.6) is 5.75 Å². The van der Waals surface area contributed by atoms with Crippen molar-refractivity contribution in [3.05, 3.63) is 28.8 Å². The third kappa shape index (κ3) is 3.37. The monoisotopic (exact) mass is 268 g/mol. The zero-order chi connectivity index (χ0) is 13.1. The number of likely N-dealkylation sites (tertiary alicyclic amines) is 1. The summed E-state index contributed by atoms with van der Waals surface area (Å²) in [5, 5.41) is 10.5. The van der Waals surface area contributed by atoms with Crippen molar-refractivity contribution in [2.45, 2.75) is 25.4 Å². The fraction of sp³-hybridized carbons (Fsp3) is 0.571. The number of benzene rings is 1. The highest BCUT2D eigenvalue weighted by Crippen LogP contribution is 2.24. The second-order valence-electron chi connectivity index (χ2n) is 5.25. The molecule has 2 rings (SSSR count). The highest BCUT2D eigenvalue weighted by molar-refractivity contribution is 6.30. The molecule has 0 saturated carbocycles. The number of piperidine rings is 1. The molecule has 0 bridgehead atoms. The molecular weight excluding hydrogens is 248 g/mol. The Bertz CT molecular complexity index is 411. The lowest BCUT2D eigenvalue weighted by Gasteiger charge is -2.36. The third-order valence-corrected chi connectivity index (χ3v) is 3.92. The van der Waals surface area contributed by atoms with E-state index in [9.17, 15) is 5.11 Å². The zero-order valence-electron chi connectivity index (χ0n) is 11.1. The number of phenolic OH excluding ortho intramolecular Hbond substituents is 1. The number of nitrogens with zero attached hydrogens (tertiary/aromatic N) is 2. The van der Waals surface area contributed by atoms with Crippen molar-refractivity contribution in [3.63, 3.8) is 0 Å². The molecule has 18 heavy (non-hydrogen) atoms. The van der Waals surface area contributed by atoms with E-state index in [0.29, 0.717) is 16.8 Å². The van der Waals surface area contributed by atoms with Crippen LogP contribution in [0.3, 0.4) is 0 Å². The predicted molar refractivity (Wildman–Crippen MR) is 75.1 cm³/mol. The Labute approximate surface area is 114 Å². The third-order valence-electron chi connectivity index (χ3n) is 3.68. The minimum absolute atomic E-state index is 0.329. The first-order valence-corrected chi connectivity index (χ1v) is 6.80. The van der Waals surface area contributed by atoms with Crippen LogP contribution >= 0.6 is 11.6 Å². The summed E-state index contributed by atoms with van der Waals surface area (Å²) >= 11 is 5.97. The van der Waals surface area contributed by atoms with Gasteiger partial charge in [-0.3, -0.25) is 4.90 Å². The van der Waals surface area contributed by atoms with E-state index in [1.54, 1.807) is 12.1 Å².